The summed E-state index contributed by atoms with van der Waals surface area (Å²) in [5, 5.41) is 0. The van der Waals surface area contributed by atoms with E-state index in [1.165, 1.54) is 114 Å². The number of hydrogen-bond acceptors (Lipinski definition) is 3. The minimum atomic E-state index is -3.93. The molecule has 1 N–H and O–H groups in total. The maximum absolute atomic E-state index is 12.0. The largest absolute Gasteiger partial charge is 0.472 e. The van der Waals surface area contributed by atoms with Crippen molar-refractivity contribution >= 4 is 14.0 Å². The van der Waals surface area contributed by atoms with Gasteiger partial charge in [-0.25, -0.2) is 9.14 Å². The fraction of sp³-hybridized carbons (Fsp3) is 0.833. The van der Waals surface area contributed by atoms with Gasteiger partial charge in [-0.2, -0.15) is 0 Å². The Morgan fingerprint density at radius 1 is 0.806 bits per heavy atom. The molecule has 0 amide bonds. The first-order chi connectivity index (χ1) is 17.5. The van der Waals surface area contributed by atoms with Gasteiger partial charge in [0.25, 0.3) is 0 Å². The summed E-state index contributed by atoms with van der Waals surface area (Å²) in [6.07, 6.45) is 31.6. The molecule has 5 nitrogen and oxygen atoms in total. The zero-order chi connectivity index (χ0) is 26.3. The molecule has 0 saturated carbocycles. The average Bonchev–Trinajstić information content (AvgIpc) is 3.17. The minimum Gasteiger partial charge on any atom is -0.302 e. The van der Waals surface area contributed by atoms with Crippen LogP contribution >= 0.6 is 7.82 Å². The highest BCUT2D eigenvalue weighted by molar-refractivity contribution is 7.47. The van der Waals surface area contributed by atoms with E-state index in [1.54, 1.807) is 0 Å². The van der Waals surface area contributed by atoms with Gasteiger partial charge in [-0.3, -0.25) is 9.05 Å². The Kier molecular flexibility index (Phi) is 20.6. The van der Waals surface area contributed by atoms with Crippen LogP contribution in [0.5, 0.6) is 0 Å². The van der Waals surface area contributed by atoms with Crippen LogP contribution in [0.25, 0.3) is 0 Å². The average molecular weight is 527 g/mol. The van der Waals surface area contributed by atoms with Crippen LogP contribution in [-0.2, 0) is 13.6 Å². The SMILES string of the molecule is CCCCCCCCC=CCCCCCCCCCCCCOP(=O)(O)OCCC1=C(C)[N+](C)=CC1. The van der Waals surface area contributed by atoms with Gasteiger partial charge in [-0.1, -0.05) is 103 Å². The first kappa shape index (κ1) is 33.3. The van der Waals surface area contributed by atoms with E-state index in [0.29, 0.717) is 13.0 Å². The molecule has 0 spiro atoms. The molecule has 1 rings (SSSR count). The van der Waals surface area contributed by atoms with Gasteiger partial charge in [0.15, 0.2) is 5.70 Å². The molecule has 0 aromatic heterocycles. The molecule has 0 radical (unpaired) electrons. The topological polar surface area (TPSA) is 58.8 Å². The summed E-state index contributed by atoms with van der Waals surface area (Å²) in [6, 6.07) is 0. The quantitative estimate of drug-likeness (QED) is 0.0557. The van der Waals surface area contributed by atoms with Gasteiger partial charge in [0.05, 0.1) is 19.6 Å². The van der Waals surface area contributed by atoms with Crippen molar-refractivity contribution in [2.24, 2.45) is 0 Å². The maximum Gasteiger partial charge on any atom is 0.472 e. The second kappa shape index (κ2) is 22.3. The third-order valence-corrected chi connectivity index (χ3v) is 8.24. The number of hydrogen-bond donors (Lipinski definition) is 1. The van der Waals surface area contributed by atoms with E-state index in [9.17, 15) is 9.46 Å². The predicted octanol–water partition coefficient (Wildman–Crippen LogP) is 9.50. The summed E-state index contributed by atoms with van der Waals surface area (Å²) in [4.78, 5) is 9.84. The lowest BCUT2D eigenvalue weighted by Gasteiger charge is -2.12. The highest BCUT2D eigenvalue weighted by atomic mass is 31.2. The molecular weight excluding hydrogens is 469 g/mol. The Bertz CT molecular complexity index is 686. The minimum absolute atomic E-state index is 0.220. The predicted molar refractivity (Wildman–Crippen MR) is 154 cm³/mol. The Balaban J connectivity index is 1.81. The van der Waals surface area contributed by atoms with Gasteiger partial charge >= 0.3 is 7.82 Å². The molecule has 6 heteroatoms. The van der Waals surface area contributed by atoms with Crippen molar-refractivity contribution in [3.8, 4) is 0 Å². The van der Waals surface area contributed by atoms with Crippen molar-refractivity contribution in [3.05, 3.63) is 23.4 Å². The molecule has 0 aromatic carbocycles. The molecule has 1 atom stereocenters. The van der Waals surface area contributed by atoms with Crippen molar-refractivity contribution in [2.75, 3.05) is 20.3 Å². The number of rotatable bonds is 25. The van der Waals surface area contributed by atoms with Crippen LogP contribution in [0, 0.1) is 0 Å². The molecule has 210 valence electrons. The number of phosphoric acid groups is 1. The fourth-order valence-corrected chi connectivity index (χ4v) is 5.38. The van der Waals surface area contributed by atoms with Gasteiger partial charge in [0.1, 0.15) is 13.3 Å². The third kappa shape index (κ3) is 18.5. The number of allylic oxidation sites excluding steroid dienone is 3. The van der Waals surface area contributed by atoms with Crippen LogP contribution < -0.4 is 0 Å². The Labute approximate surface area is 223 Å². The number of phosphoric ester groups is 1. The van der Waals surface area contributed by atoms with E-state index in [4.69, 9.17) is 9.05 Å². The van der Waals surface area contributed by atoms with Gasteiger partial charge in [0.2, 0.25) is 0 Å². The van der Waals surface area contributed by atoms with E-state index >= 15 is 0 Å². The molecule has 0 aliphatic carbocycles. The van der Waals surface area contributed by atoms with E-state index in [0.717, 1.165) is 19.3 Å². The summed E-state index contributed by atoms with van der Waals surface area (Å²) in [5.41, 5.74) is 2.46. The van der Waals surface area contributed by atoms with Crippen molar-refractivity contribution in [1.29, 1.82) is 0 Å². The lowest BCUT2D eigenvalue weighted by Crippen LogP contribution is -2.01. The normalized spacial score (nSPS) is 15.7. The summed E-state index contributed by atoms with van der Waals surface area (Å²) < 4.78 is 24.4. The van der Waals surface area contributed by atoms with Crippen molar-refractivity contribution < 1.29 is 23.1 Å². The molecule has 1 aliphatic heterocycles. The molecule has 1 heterocycles. The van der Waals surface area contributed by atoms with Crippen molar-refractivity contribution in [2.45, 2.75) is 142 Å². The zero-order valence-electron chi connectivity index (χ0n) is 23.9. The van der Waals surface area contributed by atoms with Crippen LogP contribution in [0.4, 0.5) is 0 Å². The van der Waals surface area contributed by atoms with Crippen LogP contribution in [0.3, 0.4) is 0 Å². The van der Waals surface area contributed by atoms with Crippen molar-refractivity contribution in [1.82, 2.24) is 0 Å². The Morgan fingerprint density at radius 3 is 1.78 bits per heavy atom. The van der Waals surface area contributed by atoms with Gasteiger partial charge in [-0.15, -0.1) is 0 Å². The molecule has 1 unspecified atom stereocenters. The van der Waals surface area contributed by atoms with Crippen molar-refractivity contribution in [3.63, 3.8) is 0 Å². The molecule has 0 fully saturated rings. The van der Waals surface area contributed by atoms with Crippen LogP contribution in [0.2, 0.25) is 0 Å². The Hall–Kier alpha value is -0.740. The highest BCUT2D eigenvalue weighted by Gasteiger charge is 2.23. The number of unbranched alkanes of at least 4 members (excludes halogenated alkanes) is 16. The number of nitrogens with zero attached hydrogens (tertiary/aromatic N) is 1. The molecule has 0 saturated heterocycles. The highest BCUT2D eigenvalue weighted by Crippen LogP contribution is 2.43. The smallest absolute Gasteiger partial charge is 0.302 e. The third-order valence-electron chi connectivity index (χ3n) is 7.22. The lowest BCUT2D eigenvalue weighted by molar-refractivity contribution is -0.435. The van der Waals surface area contributed by atoms with Gasteiger partial charge in [-0.05, 0) is 38.5 Å². The zero-order valence-corrected chi connectivity index (χ0v) is 24.7. The van der Waals surface area contributed by atoms with E-state index in [1.807, 2.05) is 7.05 Å². The van der Waals surface area contributed by atoms with Crippen LogP contribution in [0.15, 0.2) is 23.4 Å². The van der Waals surface area contributed by atoms with Gasteiger partial charge in [0, 0.05) is 12.5 Å². The molecular formula is C30H57NO4P+. The van der Waals surface area contributed by atoms with Crippen LogP contribution in [0.1, 0.15) is 142 Å². The van der Waals surface area contributed by atoms with E-state index in [-0.39, 0.29) is 6.61 Å². The summed E-state index contributed by atoms with van der Waals surface area (Å²) in [6.45, 7) is 4.85. The van der Waals surface area contributed by atoms with E-state index in [2.05, 4.69) is 36.8 Å². The molecule has 1 aliphatic rings. The fourth-order valence-electron chi connectivity index (χ4n) is 4.62. The summed E-state index contributed by atoms with van der Waals surface area (Å²) in [7, 11) is -1.91. The first-order valence-corrected chi connectivity index (χ1v) is 16.5. The molecule has 36 heavy (non-hydrogen) atoms. The summed E-state index contributed by atoms with van der Waals surface area (Å²) >= 11 is 0. The second-order valence-corrected chi connectivity index (χ2v) is 11.9. The first-order valence-electron chi connectivity index (χ1n) is 15.0. The van der Waals surface area contributed by atoms with Gasteiger partial charge < -0.3 is 4.89 Å². The standard InChI is InChI=1S/C30H56NO4P/c1-4-5-6-7-8-9-10-11-12-13-14-15-16-17-18-19-20-21-22-23-27-34-36(32,33)35-28-25-30-24-26-31(3)29(30)2/h11-12,26H,4-10,13-25,27-28H2,1-3H3/p+1. The van der Waals surface area contributed by atoms with Crippen LogP contribution in [-0.4, -0.2) is 35.9 Å². The Morgan fingerprint density at radius 2 is 1.28 bits per heavy atom. The molecule has 0 aromatic rings. The molecule has 0 bridgehead atoms. The monoisotopic (exact) mass is 526 g/mol. The maximum atomic E-state index is 12.0. The second-order valence-electron chi connectivity index (χ2n) is 10.4. The summed E-state index contributed by atoms with van der Waals surface area (Å²) in [5.74, 6) is 0. The lowest BCUT2D eigenvalue weighted by atomic mass is 10.1. The van der Waals surface area contributed by atoms with E-state index < -0.39 is 7.82 Å².